The molecule has 1 aliphatic heterocycles. The maximum atomic E-state index is 14.0. The Balaban J connectivity index is 2.56. The summed E-state index contributed by atoms with van der Waals surface area (Å²) >= 11 is 0. The molecule has 0 unspecified atom stereocenters. The minimum absolute atomic E-state index is 0.392. The Labute approximate surface area is 116 Å². The minimum atomic E-state index is -4.74. The number of nitrogen functional groups attached to an aromatic ring is 1. The highest BCUT2D eigenvalue weighted by atomic mass is 19.4. The van der Waals surface area contributed by atoms with Gasteiger partial charge in [0.2, 0.25) is 0 Å². The fraction of sp³-hybridized carbons (Fsp3) is 0.417. The van der Waals surface area contributed by atoms with Gasteiger partial charge in [0.25, 0.3) is 6.02 Å². The third kappa shape index (κ3) is 2.72. The number of alkyl halides is 3. The maximum absolute atomic E-state index is 14.0. The van der Waals surface area contributed by atoms with Gasteiger partial charge in [-0.25, -0.2) is 13.8 Å². The van der Waals surface area contributed by atoms with E-state index in [1.807, 2.05) is 0 Å². The molecule has 4 nitrogen and oxygen atoms in total. The average molecular weight is 309 g/mol. The Morgan fingerprint density at radius 2 is 1.90 bits per heavy atom. The van der Waals surface area contributed by atoms with Gasteiger partial charge in [-0.2, -0.15) is 13.2 Å². The van der Waals surface area contributed by atoms with E-state index in [9.17, 15) is 22.0 Å². The number of benzene rings is 1. The molecule has 2 atom stereocenters. The first-order chi connectivity index (χ1) is 9.54. The van der Waals surface area contributed by atoms with Crippen molar-refractivity contribution in [3.8, 4) is 0 Å². The van der Waals surface area contributed by atoms with Gasteiger partial charge in [0.1, 0.15) is 5.82 Å². The number of amidine groups is 1. The summed E-state index contributed by atoms with van der Waals surface area (Å²) in [6, 6.07) is 1.06. The third-order valence-electron chi connectivity index (χ3n) is 3.23. The van der Waals surface area contributed by atoms with Crippen LogP contribution in [0.3, 0.4) is 0 Å². The van der Waals surface area contributed by atoms with Crippen LogP contribution in [0.25, 0.3) is 0 Å². The van der Waals surface area contributed by atoms with Crippen LogP contribution in [0.1, 0.15) is 18.9 Å². The highest BCUT2D eigenvalue weighted by Crippen LogP contribution is 2.42. The predicted octanol–water partition coefficient (Wildman–Crippen LogP) is 2.43. The van der Waals surface area contributed by atoms with E-state index in [2.05, 4.69) is 9.73 Å². The molecule has 1 aliphatic rings. The summed E-state index contributed by atoms with van der Waals surface area (Å²) in [5.74, 6) is -2.21. The molecule has 0 aliphatic carbocycles. The molecule has 0 bridgehead atoms. The number of nitrogens with two attached hydrogens (primary N) is 2. The molecule has 1 heterocycles. The van der Waals surface area contributed by atoms with Crippen molar-refractivity contribution in [3.63, 3.8) is 0 Å². The van der Waals surface area contributed by atoms with Gasteiger partial charge in [0.15, 0.2) is 11.9 Å². The Hall–Kier alpha value is -2.06. The molecule has 1 aromatic rings. The molecule has 0 spiro atoms. The van der Waals surface area contributed by atoms with Gasteiger partial charge in [-0.1, -0.05) is 0 Å². The van der Waals surface area contributed by atoms with E-state index in [0.29, 0.717) is 0 Å². The quantitative estimate of drug-likeness (QED) is 0.618. The molecule has 2 rings (SSSR count). The first-order valence-electron chi connectivity index (χ1n) is 5.87. The van der Waals surface area contributed by atoms with Crippen molar-refractivity contribution >= 4 is 11.7 Å². The van der Waals surface area contributed by atoms with Crippen LogP contribution in [-0.2, 0) is 10.3 Å². The Bertz CT molecular complexity index is 601. The Kier molecular flexibility index (Phi) is 3.46. The number of rotatable bonds is 1. The normalized spacial score (nSPS) is 26.2. The summed E-state index contributed by atoms with van der Waals surface area (Å²) in [6.07, 6.45) is -7.86. The fourth-order valence-electron chi connectivity index (χ4n) is 2.27. The number of anilines is 1. The topological polar surface area (TPSA) is 73.6 Å². The van der Waals surface area contributed by atoms with Crippen molar-refractivity contribution < 1.29 is 26.7 Å². The summed E-state index contributed by atoms with van der Waals surface area (Å²) in [7, 11) is 0. The van der Waals surface area contributed by atoms with E-state index in [4.69, 9.17) is 11.5 Å². The van der Waals surface area contributed by atoms with Crippen LogP contribution in [0.4, 0.5) is 27.6 Å². The molecule has 0 saturated carbocycles. The molecule has 0 aromatic heterocycles. The van der Waals surface area contributed by atoms with E-state index in [-0.39, 0.29) is 0 Å². The highest BCUT2D eigenvalue weighted by molar-refractivity contribution is 5.73. The lowest BCUT2D eigenvalue weighted by Crippen LogP contribution is -2.46. The van der Waals surface area contributed by atoms with Gasteiger partial charge in [0.05, 0.1) is 16.8 Å². The summed E-state index contributed by atoms with van der Waals surface area (Å²) in [5, 5.41) is 0. The van der Waals surface area contributed by atoms with Crippen molar-refractivity contribution in [1.29, 1.82) is 0 Å². The van der Waals surface area contributed by atoms with Crippen LogP contribution in [0, 0.1) is 11.6 Å². The first-order valence-corrected chi connectivity index (χ1v) is 5.87. The second-order valence-electron chi connectivity index (χ2n) is 4.90. The number of halogens is 5. The van der Waals surface area contributed by atoms with Gasteiger partial charge in [-0.3, -0.25) is 0 Å². The van der Waals surface area contributed by atoms with E-state index in [1.165, 1.54) is 0 Å². The van der Waals surface area contributed by atoms with Crippen LogP contribution in [0.15, 0.2) is 17.1 Å². The highest BCUT2D eigenvalue weighted by Gasteiger charge is 2.50. The number of hydrogen-bond donors (Lipinski definition) is 2. The van der Waals surface area contributed by atoms with Gasteiger partial charge in [-0.05, 0) is 19.1 Å². The molecule has 0 saturated heterocycles. The van der Waals surface area contributed by atoms with Crippen molar-refractivity contribution in [1.82, 2.24) is 0 Å². The number of ether oxygens (including phenoxy) is 1. The van der Waals surface area contributed by atoms with Crippen molar-refractivity contribution in [2.75, 3.05) is 5.73 Å². The zero-order valence-electron chi connectivity index (χ0n) is 10.8. The summed E-state index contributed by atoms with van der Waals surface area (Å²) in [4.78, 5) is 3.65. The molecule has 0 radical (unpaired) electrons. The molecule has 21 heavy (non-hydrogen) atoms. The largest absolute Gasteiger partial charge is 0.452 e. The molecule has 1 aromatic carbocycles. The summed E-state index contributed by atoms with van der Waals surface area (Å²) in [5.41, 5.74) is 7.63. The lowest BCUT2D eigenvalue weighted by Gasteiger charge is -2.36. The van der Waals surface area contributed by atoms with Crippen molar-refractivity contribution in [2.24, 2.45) is 10.7 Å². The van der Waals surface area contributed by atoms with Crippen LogP contribution in [0.2, 0.25) is 0 Å². The lowest BCUT2D eigenvalue weighted by atomic mass is 9.85. The van der Waals surface area contributed by atoms with Crippen LogP contribution < -0.4 is 11.5 Å². The monoisotopic (exact) mass is 309 g/mol. The number of nitrogens with zero attached hydrogens (tertiary/aromatic N) is 1. The Morgan fingerprint density at radius 1 is 1.29 bits per heavy atom. The Morgan fingerprint density at radius 3 is 2.48 bits per heavy atom. The van der Waals surface area contributed by atoms with E-state index < -0.39 is 53.1 Å². The fourth-order valence-corrected chi connectivity index (χ4v) is 2.27. The zero-order valence-corrected chi connectivity index (χ0v) is 10.8. The van der Waals surface area contributed by atoms with Gasteiger partial charge in [-0.15, -0.1) is 0 Å². The lowest BCUT2D eigenvalue weighted by molar-refractivity contribution is -0.208. The molecule has 0 fully saturated rings. The van der Waals surface area contributed by atoms with Gasteiger partial charge < -0.3 is 16.2 Å². The van der Waals surface area contributed by atoms with E-state index in [0.717, 1.165) is 19.1 Å². The average Bonchev–Trinajstić information content (AvgIpc) is 2.32. The SMILES string of the molecule is C[C@@]1(c2c(F)ccc(N)c2F)C[C@@H](C(F)(F)F)OC(N)=N1. The summed E-state index contributed by atoms with van der Waals surface area (Å²) in [6.45, 7) is 1.14. The molecule has 4 N–H and O–H groups in total. The van der Waals surface area contributed by atoms with Crippen LogP contribution in [0.5, 0.6) is 0 Å². The van der Waals surface area contributed by atoms with Gasteiger partial charge >= 0.3 is 6.18 Å². The zero-order chi connectivity index (χ0) is 16.0. The first kappa shape index (κ1) is 15.3. The van der Waals surface area contributed by atoms with Crippen molar-refractivity contribution in [2.45, 2.75) is 31.2 Å². The molecular weight excluding hydrogens is 297 g/mol. The van der Waals surface area contributed by atoms with E-state index in [1.54, 1.807) is 0 Å². The standard InChI is InChI=1S/C12H12F5N3O/c1-11(8-5(13)2-3-6(18)9(8)14)4-7(12(15,16)17)21-10(19)20-11/h2-3,7H,4,18H2,1H3,(H2,19,20)/t7-,11-/m0/s1. The molecule has 9 heteroatoms. The van der Waals surface area contributed by atoms with Crippen LogP contribution >= 0.6 is 0 Å². The third-order valence-corrected chi connectivity index (χ3v) is 3.23. The predicted molar refractivity (Wildman–Crippen MR) is 65.3 cm³/mol. The molecule has 0 amide bonds. The summed E-state index contributed by atoms with van der Waals surface area (Å²) < 4.78 is 70.8. The smallest absolute Gasteiger partial charge is 0.425 e. The van der Waals surface area contributed by atoms with Crippen molar-refractivity contribution in [3.05, 3.63) is 29.3 Å². The maximum Gasteiger partial charge on any atom is 0.425 e. The second-order valence-corrected chi connectivity index (χ2v) is 4.90. The van der Waals surface area contributed by atoms with E-state index >= 15 is 0 Å². The van der Waals surface area contributed by atoms with Crippen LogP contribution in [-0.4, -0.2) is 18.3 Å². The van der Waals surface area contributed by atoms with Gasteiger partial charge in [0, 0.05) is 6.42 Å². The minimum Gasteiger partial charge on any atom is -0.452 e. The molecule has 116 valence electrons. The number of aliphatic imine (C=N–C) groups is 1. The number of hydrogen-bond acceptors (Lipinski definition) is 4. The molecular formula is C12H12F5N3O. The second kappa shape index (κ2) is 4.74.